The maximum Gasteiger partial charge on any atom is 0.157 e. The number of hydrogen-bond donors (Lipinski definition) is 2. The lowest BCUT2D eigenvalue weighted by molar-refractivity contribution is 0.489. The van der Waals surface area contributed by atoms with E-state index in [2.05, 4.69) is 28.4 Å². The third-order valence-corrected chi connectivity index (χ3v) is 3.87. The fraction of sp³-hybridized carbons (Fsp3) is 0.538. The summed E-state index contributed by atoms with van der Waals surface area (Å²) in [6.45, 7) is 2.74. The van der Waals surface area contributed by atoms with E-state index in [4.69, 9.17) is 5.73 Å². The molecule has 0 radical (unpaired) electrons. The number of nitrogens with zero attached hydrogens (tertiary/aromatic N) is 3. The number of nitrogens with two attached hydrogens (primary N) is 1. The molecule has 0 amide bonds. The molecule has 2 aromatic heterocycles. The number of hydrogen-bond acceptors (Lipinski definition) is 4. The van der Waals surface area contributed by atoms with E-state index in [0.29, 0.717) is 6.54 Å². The first-order valence-electron chi connectivity index (χ1n) is 6.51. The quantitative estimate of drug-likeness (QED) is 0.864. The normalized spacial score (nSPS) is 18.3. The van der Waals surface area contributed by atoms with Crippen LogP contribution >= 0.6 is 0 Å². The number of rotatable bonds is 3. The van der Waals surface area contributed by atoms with Gasteiger partial charge in [-0.25, -0.2) is 4.98 Å². The highest BCUT2D eigenvalue weighted by Crippen LogP contribution is 2.32. The van der Waals surface area contributed by atoms with Crippen LogP contribution in [0, 0.1) is 6.92 Å². The molecule has 3 rings (SSSR count). The molecule has 1 saturated carbocycles. The van der Waals surface area contributed by atoms with Crippen molar-refractivity contribution in [3.05, 3.63) is 24.0 Å². The minimum atomic E-state index is 0.0344. The summed E-state index contributed by atoms with van der Waals surface area (Å²) in [6.07, 6.45) is 6.35. The van der Waals surface area contributed by atoms with Crippen LogP contribution in [0.15, 0.2) is 18.5 Å². The Hall–Kier alpha value is -1.62. The molecular formula is C13H19N5. The van der Waals surface area contributed by atoms with Crippen LogP contribution in [0.25, 0.3) is 5.65 Å². The smallest absolute Gasteiger partial charge is 0.157 e. The van der Waals surface area contributed by atoms with Crippen LogP contribution in [0.4, 0.5) is 5.82 Å². The van der Waals surface area contributed by atoms with E-state index >= 15 is 0 Å². The summed E-state index contributed by atoms with van der Waals surface area (Å²) < 4.78 is 1.85. The van der Waals surface area contributed by atoms with Gasteiger partial charge in [0.05, 0.1) is 5.54 Å². The van der Waals surface area contributed by atoms with Crippen LogP contribution in [-0.4, -0.2) is 26.7 Å². The predicted molar refractivity (Wildman–Crippen MR) is 71.6 cm³/mol. The summed E-state index contributed by atoms with van der Waals surface area (Å²) in [4.78, 5) is 4.24. The summed E-state index contributed by atoms with van der Waals surface area (Å²) in [7, 11) is 0. The van der Waals surface area contributed by atoms with Crippen molar-refractivity contribution in [1.82, 2.24) is 14.6 Å². The van der Waals surface area contributed by atoms with Gasteiger partial charge >= 0.3 is 0 Å². The molecule has 0 bridgehead atoms. The molecule has 5 heteroatoms. The van der Waals surface area contributed by atoms with Gasteiger partial charge in [0, 0.05) is 6.54 Å². The van der Waals surface area contributed by atoms with E-state index in [1.807, 2.05) is 10.6 Å². The van der Waals surface area contributed by atoms with Crippen molar-refractivity contribution in [2.24, 2.45) is 5.73 Å². The van der Waals surface area contributed by atoms with Gasteiger partial charge < -0.3 is 11.1 Å². The second-order valence-corrected chi connectivity index (χ2v) is 5.26. The van der Waals surface area contributed by atoms with Gasteiger partial charge in [0.1, 0.15) is 12.1 Å². The molecule has 0 aromatic carbocycles. The van der Waals surface area contributed by atoms with Crippen molar-refractivity contribution in [2.75, 3.05) is 11.9 Å². The van der Waals surface area contributed by atoms with Gasteiger partial charge in [-0.15, -0.1) is 0 Å². The Labute approximate surface area is 106 Å². The fourth-order valence-corrected chi connectivity index (χ4v) is 2.85. The van der Waals surface area contributed by atoms with Gasteiger partial charge in [-0.1, -0.05) is 12.8 Å². The zero-order valence-electron chi connectivity index (χ0n) is 10.7. The fourth-order valence-electron chi connectivity index (χ4n) is 2.85. The molecule has 1 fully saturated rings. The van der Waals surface area contributed by atoms with E-state index in [-0.39, 0.29) is 5.54 Å². The average Bonchev–Trinajstić information content (AvgIpc) is 2.98. The highest BCUT2D eigenvalue weighted by Gasteiger charge is 2.32. The topological polar surface area (TPSA) is 68.2 Å². The first-order chi connectivity index (χ1) is 8.72. The minimum absolute atomic E-state index is 0.0344. The molecule has 3 N–H and O–H groups in total. The van der Waals surface area contributed by atoms with Crippen LogP contribution in [0.2, 0.25) is 0 Å². The van der Waals surface area contributed by atoms with Gasteiger partial charge in [0.2, 0.25) is 0 Å². The Morgan fingerprint density at radius 2 is 2.17 bits per heavy atom. The van der Waals surface area contributed by atoms with Gasteiger partial charge in [-0.2, -0.15) is 9.61 Å². The van der Waals surface area contributed by atoms with Crippen LogP contribution in [-0.2, 0) is 0 Å². The predicted octanol–water partition coefficient (Wildman–Crippen LogP) is 1.72. The lowest BCUT2D eigenvalue weighted by atomic mass is 9.98. The van der Waals surface area contributed by atoms with Crippen LogP contribution in [0.1, 0.15) is 31.2 Å². The molecular weight excluding hydrogens is 226 g/mol. The van der Waals surface area contributed by atoms with Crippen molar-refractivity contribution in [3.8, 4) is 0 Å². The van der Waals surface area contributed by atoms with Gasteiger partial charge in [-0.3, -0.25) is 0 Å². The van der Waals surface area contributed by atoms with E-state index in [1.165, 1.54) is 18.4 Å². The number of fused-ring (bicyclic) bond motifs is 1. The summed E-state index contributed by atoms with van der Waals surface area (Å²) >= 11 is 0. The summed E-state index contributed by atoms with van der Waals surface area (Å²) in [6, 6.07) is 4.14. The maximum atomic E-state index is 5.97. The Bertz CT molecular complexity index is 554. The lowest BCUT2D eigenvalue weighted by Gasteiger charge is -2.30. The van der Waals surface area contributed by atoms with Crippen LogP contribution in [0.3, 0.4) is 0 Å². The number of nitrogens with one attached hydrogen (secondary N) is 1. The average molecular weight is 245 g/mol. The third-order valence-electron chi connectivity index (χ3n) is 3.87. The van der Waals surface area contributed by atoms with Crippen molar-refractivity contribution in [1.29, 1.82) is 0 Å². The van der Waals surface area contributed by atoms with Gasteiger partial charge in [0.25, 0.3) is 0 Å². The molecule has 2 aromatic rings. The Morgan fingerprint density at radius 1 is 1.39 bits per heavy atom. The molecule has 1 aliphatic carbocycles. The zero-order chi connectivity index (χ0) is 12.6. The largest absolute Gasteiger partial charge is 0.363 e. The zero-order valence-corrected chi connectivity index (χ0v) is 10.7. The Balaban J connectivity index is 2.01. The molecule has 0 unspecified atom stereocenters. The highest BCUT2D eigenvalue weighted by molar-refractivity contribution is 5.52. The number of anilines is 1. The van der Waals surface area contributed by atoms with Crippen molar-refractivity contribution >= 4 is 11.5 Å². The van der Waals surface area contributed by atoms with Crippen molar-refractivity contribution in [2.45, 2.75) is 38.1 Å². The SMILES string of the molecule is Cc1cc(NC2(CN)CCCC2)n2ncnc2c1. The molecule has 0 saturated heterocycles. The standard InChI is InChI=1S/C13H19N5/c1-10-6-11-15-9-16-18(11)12(7-10)17-13(8-14)4-2-3-5-13/h6-7,9,17H,2-5,8,14H2,1H3. The minimum Gasteiger partial charge on any atom is -0.363 e. The third kappa shape index (κ3) is 1.84. The second kappa shape index (κ2) is 4.24. The molecule has 0 aliphatic heterocycles. The van der Waals surface area contributed by atoms with Crippen LogP contribution < -0.4 is 11.1 Å². The van der Waals surface area contributed by atoms with Gasteiger partial charge in [0.15, 0.2) is 5.65 Å². The first kappa shape index (κ1) is 11.5. The number of aryl methyl sites for hydroxylation is 1. The maximum absolute atomic E-state index is 5.97. The molecule has 18 heavy (non-hydrogen) atoms. The Morgan fingerprint density at radius 3 is 2.89 bits per heavy atom. The number of pyridine rings is 1. The van der Waals surface area contributed by atoms with Crippen LogP contribution in [0.5, 0.6) is 0 Å². The highest BCUT2D eigenvalue weighted by atomic mass is 15.3. The summed E-state index contributed by atoms with van der Waals surface area (Å²) in [5.74, 6) is 0.995. The molecule has 0 atom stereocenters. The number of aromatic nitrogens is 3. The molecule has 0 spiro atoms. The second-order valence-electron chi connectivity index (χ2n) is 5.26. The van der Waals surface area contributed by atoms with E-state index < -0.39 is 0 Å². The summed E-state index contributed by atoms with van der Waals surface area (Å²) in [5.41, 5.74) is 8.06. The Kier molecular flexibility index (Phi) is 2.70. The van der Waals surface area contributed by atoms with Gasteiger partial charge in [-0.05, 0) is 37.5 Å². The summed E-state index contributed by atoms with van der Waals surface area (Å²) in [5, 5.41) is 7.88. The van der Waals surface area contributed by atoms with E-state index in [9.17, 15) is 0 Å². The molecule has 1 aliphatic rings. The van der Waals surface area contributed by atoms with Crippen molar-refractivity contribution in [3.63, 3.8) is 0 Å². The monoisotopic (exact) mass is 245 g/mol. The lowest BCUT2D eigenvalue weighted by Crippen LogP contribution is -2.43. The van der Waals surface area contributed by atoms with Crippen molar-refractivity contribution < 1.29 is 0 Å². The molecule has 2 heterocycles. The molecule has 96 valence electrons. The van der Waals surface area contributed by atoms with E-state index in [0.717, 1.165) is 24.3 Å². The molecule has 5 nitrogen and oxygen atoms in total. The van der Waals surface area contributed by atoms with E-state index in [1.54, 1.807) is 6.33 Å². The first-order valence-corrected chi connectivity index (χ1v) is 6.51.